The molecule has 1 aromatic heterocycles. The summed E-state index contributed by atoms with van der Waals surface area (Å²) in [5.74, 6) is -0.201. The summed E-state index contributed by atoms with van der Waals surface area (Å²) in [5.41, 5.74) is 2.40. The molecule has 0 unspecified atom stereocenters. The lowest BCUT2D eigenvalue weighted by atomic mass is 10.1. The predicted octanol–water partition coefficient (Wildman–Crippen LogP) is 4.21. The zero-order chi connectivity index (χ0) is 17.9. The second-order valence-electron chi connectivity index (χ2n) is 7.24. The van der Waals surface area contributed by atoms with Gasteiger partial charge in [-0.25, -0.2) is 0 Å². The Labute approximate surface area is 154 Å². The summed E-state index contributed by atoms with van der Waals surface area (Å²) in [6.45, 7) is 5.20. The van der Waals surface area contributed by atoms with Crippen molar-refractivity contribution in [2.75, 3.05) is 19.6 Å². The molecular formula is C22H26N2O2. The predicted molar refractivity (Wildman–Crippen MR) is 105 cm³/mol. The van der Waals surface area contributed by atoms with Crippen LogP contribution in [0.1, 0.15) is 26.2 Å². The van der Waals surface area contributed by atoms with E-state index in [1.165, 1.54) is 48.0 Å². The van der Waals surface area contributed by atoms with Crippen LogP contribution in [0.15, 0.2) is 48.5 Å². The highest BCUT2D eigenvalue weighted by molar-refractivity contribution is 6.07. The lowest BCUT2D eigenvalue weighted by Crippen LogP contribution is -2.40. The summed E-state index contributed by atoms with van der Waals surface area (Å²) in [6, 6.07) is 16.9. The zero-order valence-electron chi connectivity index (χ0n) is 15.4. The maximum Gasteiger partial charge on any atom is 0.303 e. The zero-order valence-corrected chi connectivity index (χ0v) is 15.4. The van der Waals surface area contributed by atoms with Gasteiger partial charge in [0, 0.05) is 35.3 Å². The second kappa shape index (κ2) is 7.50. The molecule has 2 aromatic carbocycles. The van der Waals surface area contributed by atoms with Gasteiger partial charge in [-0.05, 0) is 38.1 Å². The van der Waals surface area contributed by atoms with E-state index in [1.54, 1.807) is 0 Å². The highest BCUT2D eigenvalue weighted by atomic mass is 16.5. The standard InChI is InChI=1S/C22H26N2O2/c1-17(25)26-18(15-23-13-7-2-8-14-23)16-24-21-11-5-3-9-19(21)20-10-4-6-12-22(20)24/h3-6,9-12,18H,2,7-8,13-16H2,1H3/t18-/m1/s1. The van der Waals surface area contributed by atoms with Gasteiger partial charge in [-0.3, -0.25) is 9.69 Å². The van der Waals surface area contributed by atoms with Gasteiger partial charge in [-0.1, -0.05) is 42.8 Å². The lowest BCUT2D eigenvalue weighted by Gasteiger charge is -2.30. The van der Waals surface area contributed by atoms with Crippen LogP contribution in [0.4, 0.5) is 0 Å². The number of hydrogen-bond donors (Lipinski definition) is 0. The molecule has 0 bridgehead atoms. The number of hydrogen-bond acceptors (Lipinski definition) is 3. The van der Waals surface area contributed by atoms with Crippen LogP contribution in [0.25, 0.3) is 21.8 Å². The summed E-state index contributed by atoms with van der Waals surface area (Å²) >= 11 is 0. The van der Waals surface area contributed by atoms with Gasteiger partial charge in [0.05, 0.1) is 6.54 Å². The Hall–Kier alpha value is -2.33. The first-order valence-electron chi connectivity index (χ1n) is 9.58. The van der Waals surface area contributed by atoms with Crippen molar-refractivity contribution in [2.45, 2.75) is 38.8 Å². The highest BCUT2D eigenvalue weighted by Gasteiger charge is 2.21. The number of benzene rings is 2. The smallest absolute Gasteiger partial charge is 0.303 e. The molecular weight excluding hydrogens is 324 g/mol. The third-order valence-corrected chi connectivity index (χ3v) is 5.31. The molecule has 136 valence electrons. The van der Waals surface area contributed by atoms with Crippen molar-refractivity contribution in [3.63, 3.8) is 0 Å². The van der Waals surface area contributed by atoms with Crippen LogP contribution in [0.3, 0.4) is 0 Å². The molecule has 4 rings (SSSR count). The molecule has 2 heterocycles. The molecule has 0 amide bonds. The average molecular weight is 350 g/mol. The van der Waals surface area contributed by atoms with Gasteiger partial charge in [-0.15, -0.1) is 0 Å². The maximum absolute atomic E-state index is 11.7. The van der Waals surface area contributed by atoms with E-state index < -0.39 is 0 Å². The van der Waals surface area contributed by atoms with Crippen LogP contribution in [-0.4, -0.2) is 41.2 Å². The van der Waals surface area contributed by atoms with E-state index in [1.807, 2.05) is 0 Å². The van der Waals surface area contributed by atoms with Gasteiger partial charge >= 0.3 is 5.97 Å². The topological polar surface area (TPSA) is 34.5 Å². The van der Waals surface area contributed by atoms with Crippen molar-refractivity contribution in [2.24, 2.45) is 0 Å². The summed E-state index contributed by atoms with van der Waals surface area (Å²) in [7, 11) is 0. The number of likely N-dealkylation sites (tertiary alicyclic amines) is 1. The van der Waals surface area contributed by atoms with Crippen LogP contribution >= 0.6 is 0 Å². The van der Waals surface area contributed by atoms with E-state index in [4.69, 9.17) is 4.74 Å². The number of para-hydroxylation sites is 2. The SMILES string of the molecule is CC(=O)O[C@H](CN1CCCCC1)Cn1c2ccccc2c2ccccc21. The Morgan fingerprint density at radius 3 is 2.08 bits per heavy atom. The van der Waals surface area contributed by atoms with Gasteiger partial charge in [0.2, 0.25) is 0 Å². The molecule has 1 aliphatic heterocycles. The van der Waals surface area contributed by atoms with Gasteiger partial charge in [0.1, 0.15) is 6.10 Å². The average Bonchev–Trinajstić information content (AvgIpc) is 2.96. The molecule has 26 heavy (non-hydrogen) atoms. The van der Waals surface area contributed by atoms with Crippen molar-refractivity contribution in [1.29, 1.82) is 0 Å². The normalized spacial score (nSPS) is 16.8. The monoisotopic (exact) mass is 350 g/mol. The van der Waals surface area contributed by atoms with E-state index in [0.29, 0.717) is 6.54 Å². The van der Waals surface area contributed by atoms with Gasteiger partial charge < -0.3 is 9.30 Å². The fraction of sp³-hybridized carbons (Fsp3) is 0.409. The van der Waals surface area contributed by atoms with Crippen molar-refractivity contribution in [1.82, 2.24) is 9.47 Å². The lowest BCUT2D eigenvalue weighted by molar-refractivity contribution is -0.148. The molecule has 4 heteroatoms. The molecule has 1 saturated heterocycles. The second-order valence-corrected chi connectivity index (χ2v) is 7.24. The minimum absolute atomic E-state index is 0.134. The molecule has 1 atom stereocenters. The van der Waals surface area contributed by atoms with E-state index in [0.717, 1.165) is 19.6 Å². The first-order chi connectivity index (χ1) is 12.7. The summed E-state index contributed by atoms with van der Waals surface area (Å²) in [5, 5.41) is 2.50. The van der Waals surface area contributed by atoms with Crippen LogP contribution in [0, 0.1) is 0 Å². The Balaban J connectivity index is 1.68. The van der Waals surface area contributed by atoms with Gasteiger partial charge in [0.25, 0.3) is 0 Å². The van der Waals surface area contributed by atoms with Crippen LogP contribution < -0.4 is 0 Å². The molecule has 0 N–H and O–H groups in total. The number of carbonyl (C=O) groups excluding carboxylic acids is 1. The number of rotatable bonds is 5. The van der Waals surface area contributed by atoms with Gasteiger partial charge in [0.15, 0.2) is 0 Å². The summed E-state index contributed by atoms with van der Waals surface area (Å²) in [4.78, 5) is 14.1. The van der Waals surface area contributed by atoms with E-state index in [2.05, 4.69) is 58.0 Å². The fourth-order valence-corrected chi connectivity index (χ4v) is 4.20. The third-order valence-electron chi connectivity index (χ3n) is 5.31. The first kappa shape index (κ1) is 17.1. The van der Waals surface area contributed by atoms with Crippen molar-refractivity contribution >= 4 is 27.8 Å². The summed E-state index contributed by atoms with van der Waals surface area (Å²) in [6.07, 6.45) is 3.65. The van der Waals surface area contributed by atoms with Gasteiger partial charge in [-0.2, -0.15) is 0 Å². The number of piperidine rings is 1. The minimum Gasteiger partial charge on any atom is -0.459 e. The Morgan fingerprint density at radius 1 is 0.923 bits per heavy atom. The van der Waals surface area contributed by atoms with Crippen molar-refractivity contribution in [3.05, 3.63) is 48.5 Å². The molecule has 1 aliphatic rings. The number of ether oxygens (including phenoxy) is 1. The van der Waals surface area contributed by atoms with Crippen LogP contribution in [-0.2, 0) is 16.1 Å². The maximum atomic E-state index is 11.7. The molecule has 0 radical (unpaired) electrons. The largest absolute Gasteiger partial charge is 0.459 e. The third kappa shape index (κ3) is 3.47. The minimum atomic E-state index is -0.201. The molecule has 0 spiro atoms. The summed E-state index contributed by atoms with van der Waals surface area (Å²) < 4.78 is 8.03. The molecule has 0 aliphatic carbocycles. The van der Waals surface area contributed by atoms with E-state index >= 15 is 0 Å². The van der Waals surface area contributed by atoms with Crippen LogP contribution in [0.2, 0.25) is 0 Å². The molecule has 4 nitrogen and oxygen atoms in total. The number of fused-ring (bicyclic) bond motifs is 3. The quantitative estimate of drug-likeness (QED) is 0.647. The fourth-order valence-electron chi connectivity index (χ4n) is 4.20. The highest BCUT2D eigenvalue weighted by Crippen LogP contribution is 2.29. The molecule has 1 fully saturated rings. The molecule has 0 saturated carbocycles. The Kier molecular flexibility index (Phi) is 4.93. The Morgan fingerprint density at radius 2 is 1.50 bits per heavy atom. The Bertz CT molecular complexity index is 856. The number of nitrogens with zero attached hydrogens (tertiary/aromatic N) is 2. The van der Waals surface area contributed by atoms with E-state index in [-0.39, 0.29) is 12.1 Å². The number of carbonyl (C=O) groups is 1. The van der Waals surface area contributed by atoms with Crippen LogP contribution in [0.5, 0.6) is 0 Å². The number of aromatic nitrogens is 1. The van der Waals surface area contributed by atoms with Crippen molar-refractivity contribution < 1.29 is 9.53 Å². The van der Waals surface area contributed by atoms with Crippen molar-refractivity contribution in [3.8, 4) is 0 Å². The number of esters is 1. The molecule has 3 aromatic rings. The first-order valence-corrected chi connectivity index (χ1v) is 9.58. The van der Waals surface area contributed by atoms with E-state index in [9.17, 15) is 4.79 Å².